The summed E-state index contributed by atoms with van der Waals surface area (Å²) in [5, 5.41) is 15.8. The van der Waals surface area contributed by atoms with Crippen molar-refractivity contribution in [1.29, 1.82) is 0 Å². The highest BCUT2D eigenvalue weighted by atomic mass is 35.5. The SMILES string of the molecule is CCCC(CNC(=O)c1cc(-c2ccccc2Cl)on1)C(=O)O. The second kappa shape index (κ2) is 7.78. The minimum atomic E-state index is -0.927. The van der Waals surface area contributed by atoms with Crippen LogP contribution in [0.5, 0.6) is 0 Å². The number of amides is 1. The smallest absolute Gasteiger partial charge is 0.308 e. The van der Waals surface area contributed by atoms with E-state index in [1.54, 1.807) is 24.3 Å². The van der Waals surface area contributed by atoms with E-state index in [0.717, 1.165) is 6.42 Å². The zero-order valence-electron chi connectivity index (χ0n) is 12.6. The molecule has 0 aliphatic carbocycles. The quantitative estimate of drug-likeness (QED) is 0.809. The third-order valence-corrected chi connectivity index (χ3v) is 3.71. The van der Waals surface area contributed by atoms with Gasteiger partial charge in [-0.05, 0) is 18.6 Å². The molecular formula is C16H17ClN2O4. The Labute approximate surface area is 138 Å². The highest BCUT2D eigenvalue weighted by molar-refractivity contribution is 6.33. The van der Waals surface area contributed by atoms with Crippen molar-refractivity contribution in [2.75, 3.05) is 6.54 Å². The van der Waals surface area contributed by atoms with Gasteiger partial charge in [-0.3, -0.25) is 9.59 Å². The summed E-state index contributed by atoms with van der Waals surface area (Å²) in [6, 6.07) is 8.53. The standard InChI is InChI=1S/C16H17ClN2O4/c1-2-5-10(16(21)22)9-18-15(20)13-8-14(23-19-13)11-6-3-4-7-12(11)17/h3-4,6-8,10H,2,5,9H2,1H3,(H,18,20)(H,21,22). The fraction of sp³-hybridized carbons (Fsp3) is 0.312. The number of nitrogens with zero attached hydrogens (tertiary/aromatic N) is 1. The van der Waals surface area contributed by atoms with E-state index in [0.29, 0.717) is 22.8 Å². The molecule has 0 spiro atoms. The summed E-state index contributed by atoms with van der Waals surface area (Å²) >= 11 is 6.07. The summed E-state index contributed by atoms with van der Waals surface area (Å²) in [6.45, 7) is 1.95. The lowest BCUT2D eigenvalue weighted by Gasteiger charge is -2.11. The first-order chi connectivity index (χ1) is 11.0. The maximum atomic E-state index is 12.0. The number of carbonyl (C=O) groups is 2. The Morgan fingerprint density at radius 3 is 2.78 bits per heavy atom. The average Bonchev–Trinajstić information content (AvgIpc) is 3.01. The lowest BCUT2D eigenvalue weighted by atomic mass is 10.0. The Balaban J connectivity index is 2.04. The molecular weight excluding hydrogens is 320 g/mol. The van der Waals surface area contributed by atoms with Gasteiger partial charge in [-0.15, -0.1) is 0 Å². The van der Waals surface area contributed by atoms with Crippen LogP contribution in [0.4, 0.5) is 0 Å². The van der Waals surface area contributed by atoms with Gasteiger partial charge < -0.3 is 14.9 Å². The average molecular weight is 337 g/mol. The van der Waals surface area contributed by atoms with Crippen molar-refractivity contribution in [3.8, 4) is 11.3 Å². The van der Waals surface area contributed by atoms with Crippen molar-refractivity contribution in [1.82, 2.24) is 10.5 Å². The second-order valence-electron chi connectivity index (χ2n) is 5.09. The number of carbonyl (C=O) groups excluding carboxylic acids is 1. The molecule has 6 nitrogen and oxygen atoms in total. The summed E-state index contributed by atoms with van der Waals surface area (Å²) in [5.74, 6) is -1.64. The van der Waals surface area contributed by atoms with Crippen LogP contribution in [-0.4, -0.2) is 28.7 Å². The molecule has 7 heteroatoms. The van der Waals surface area contributed by atoms with E-state index in [1.165, 1.54) is 6.07 Å². The maximum Gasteiger partial charge on any atom is 0.308 e. The molecule has 2 rings (SSSR count). The molecule has 0 radical (unpaired) electrons. The number of nitrogens with one attached hydrogen (secondary N) is 1. The monoisotopic (exact) mass is 336 g/mol. The first-order valence-electron chi connectivity index (χ1n) is 7.25. The van der Waals surface area contributed by atoms with Gasteiger partial charge in [-0.1, -0.05) is 42.2 Å². The highest BCUT2D eigenvalue weighted by Gasteiger charge is 2.20. The number of halogens is 1. The van der Waals surface area contributed by atoms with Gasteiger partial charge in [0.25, 0.3) is 5.91 Å². The molecule has 0 aliphatic heterocycles. The molecule has 1 unspecified atom stereocenters. The van der Waals surface area contributed by atoms with Crippen LogP contribution in [0.25, 0.3) is 11.3 Å². The van der Waals surface area contributed by atoms with E-state index in [9.17, 15) is 9.59 Å². The molecule has 0 bridgehead atoms. The molecule has 1 atom stereocenters. The number of aliphatic carboxylic acids is 1. The molecule has 0 fully saturated rings. The predicted molar refractivity (Wildman–Crippen MR) is 85.3 cm³/mol. The second-order valence-corrected chi connectivity index (χ2v) is 5.50. The topological polar surface area (TPSA) is 92.4 Å². The minimum absolute atomic E-state index is 0.0519. The number of aromatic nitrogens is 1. The minimum Gasteiger partial charge on any atom is -0.481 e. The number of carboxylic acid groups (broad SMARTS) is 1. The summed E-state index contributed by atoms with van der Waals surface area (Å²) in [4.78, 5) is 23.1. The maximum absolute atomic E-state index is 12.0. The van der Waals surface area contributed by atoms with E-state index in [2.05, 4.69) is 10.5 Å². The van der Waals surface area contributed by atoms with Crippen molar-refractivity contribution in [3.63, 3.8) is 0 Å². The lowest BCUT2D eigenvalue weighted by Crippen LogP contribution is -2.33. The van der Waals surface area contributed by atoms with Crippen molar-refractivity contribution in [2.45, 2.75) is 19.8 Å². The molecule has 0 aliphatic rings. The van der Waals surface area contributed by atoms with Crippen molar-refractivity contribution >= 4 is 23.5 Å². The molecule has 0 saturated carbocycles. The van der Waals surface area contributed by atoms with Crippen LogP contribution in [0.1, 0.15) is 30.3 Å². The summed E-state index contributed by atoms with van der Waals surface area (Å²) < 4.78 is 5.14. The van der Waals surface area contributed by atoms with Crippen LogP contribution >= 0.6 is 11.6 Å². The number of hydrogen-bond acceptors (Lipinski definition) is 4. The molecule has 1 amide bonds. The molecule has 1 aromatic heterocycles. The van der Waals surface area contributed by atoms with Crippen LogP contribution in [0.2, 0.25) is 5.02 Å². The Morgan fingerprint density at radius 2 is 2.13 bits per heavy atom. The summed E-state index contributed by atoms with van der Waals surface area (Å²) in [6.07, 6.45) is 1.23. The third-order valence-electron chi connectivity index (χ3n) is 3.38. The van der Waals surface area contributed by atoms with E-state index < -0.39 is 17.8 Å². The van der Waals surface area contributed by atoms with Gasteiger partial charge in [0.05, 0.1) is 10.9 Å². The van der Waals surface area contributed by atoms with Crippen LogP contribution in [0.3, 0.4) is 0 Å². The van der Waals surface area contributed by atoms with Gasteiger partial charge >= 0.3 is 5.97 Å². The van der Waals surface area contributed by atoms with Crippen LogP contribution in [-0.2, 0) is 4.79 Å². The van der Waals surface area contributed by atoms with Gasteiger partial charge in [0.15, 0.2) is 11.5 Å². The summed E-state index contributed by atoms with van der Waals surface area (Å²) in [5.41, 5.74) is 0.718. The molecule has 23 heavy (non-hydrogen) atoms. The number of benzene rings is 1. The molecule has 122 valence electrons. The van der Waals surface area contributed by atoms with Crippen molar-refractivity contribution in [3.05, 3.63) is 41.0 Å². The molecule has 2 aromatic rings. The van der Waals surface area contributed by atoms with Gasteiger partial charge in [-0.25, -0.2) is 0 Å². The Hall–Kier alpha value is -2.34. The van der Waals surface area contributed by atoms with E-state index >= 15 is 0 Å². The zero-order chi connectivity index (χ0) is 16.8. The molecule has 1 heterocycles. The van der Waals surface area contributed by atoms with Gasteiger partial charge in [0.2, 0.25) is 0 Å². The first kappa shape index (κ1) is 17.0. The number of hydrogen-bond donors (Lipinski definition) is 2. The van der Waals surface area contributed by atoms with Crippen LogP contribution in [0.15, 0.2) is 34.9 Å². The predicted octanol–water partition coefficient (Wildman–Crippen LogP) is 3.23. The number of carboxylic acids is 1. The van der Waals surface area contributed by atoms with E-state index in [-0.39, 0.29) is 12.2 Å². The fourth-order valence-corrected chi connectivity index (χ4v) is 2.37. The summed E-state index contributed by atoms with van der Waals surface area (Å²) in [7, 11) is 0. The first-order valence-corrected chi connectivity index (χ1v) is 7.63. The Bertz CT molecular complexity index is 699. The Kier molecular flexibility index (Phi) is 5.76. The molecule has 2 N–H and O–H groups in total. The zero-order valence-corrected chi connectivity index (χ0v) is 13.3. The molecule has 1 aromatic carbocycles. The van der Waals surface area contributed by atoms with Crippen LogP contribution < -0.4 is 5.32 Å². The normalized spacial score (nSPS) is 11.9. The number of rotatable bonds is 7. The highest BCUT2D eigenvalue weighted by Crippen LogP contribution is 2.27. The van der Waals surface area contributed by atoms with Gasteiger partial charge in [0.1, 0.15) is 0 Å². The lowest BCUT2D eigenvalue weighted by molar-refractivity contribution is -0.141. The largest absolute Gasteiger partial charge is 0.481 e. The van der Waals surface area contributed by atoms with Gasteiger partial charge in [-0.2, -0.15) is 0 Å². The van der Waals surface area contributed by atoms with Gasteiger partial charge in [0, 0.05) is 18.2 Å². The van der Waals surface area contributed by atoms with Crippen molar-refractivity contribution in [2.24, 2.45) is 5.92 Å². The van der Waals surface area contributed by atoms with Crippen LogP contribution in [0, 0.1) is 5.92 Å². The van der Waals surface area contributed by atoms with E-state index in [4.69, 9.17) is 21.2 Å². The Morgan fingerprint density at radius 1 is 1.39 bits per heavy atom. The fourth-order valence-electron chi connectivity index (χ4n) is 2.14. The molecule has 0 saturated heterocycles. The van der Waals surface area contributed by atoms with Crippen molar-refractivity contribution < 1.29 is 19.2 Å². The van der Waals surface area contributed by atoms with E-state index in [1.807, 2.05) is 6.92 Å². The third kappa shape index (κ3) is 4.32.